The Hall–Kier alpha value is -1.18. The van der Waals surface area contributed by atoms with Crippen LogP contribution in [0.2, 0.25) is 0 Å². The van der Waals surface area contributed by atoms with Crippen molar-refractivity contribution >= 4 is 15.7 Å². The summed E-state index contributed by atoms with van der Waals surface area (Å²) >= 11 is 0. The van der Waals surface area contributed by atoms with Crippen molar-refractivity contribution in [2.24, 2.45) is 5.14 Å². The molecule has 7 heteroatoms. The first-order valence-electron chi connectivity index (χ1n) is 7.22. The third-order valence-electron chi connectivity index (χ3n) is 3.69. The largest absolute Gasteiger partial charge is 0.368 e. The van der Waals surface area contributed by atoms with E-state index in [0.717, 1.165) is 45.0 Å². The van der Waals surface area contributed by atoms with Crippen LogP contribution in [0.3, 0.4) is 0 Å². The fraction of sp³-hybridized carbons (Fsp3) is 0.571. The lowest BCUT2D eigenvalue weighted by atomic mass is 10.2. The van der Waals surface area contributed by atoms with Crippen molar-refractivity contribution in [2.75, 3.05) is 24.5 Å². The molecule has 0 aliphatic carbocycles. The number of rotatable bonds is 6. The van der Waals surface area contributed by atoms with Gasteiger partial charge in [-0.15, -0.1) is 0 Å². The van der Waals surface area contributed by atoms with Crippen molar-refractivity contribution in [1.82, 2.24) is 5.32 Å². The molecule has 1 aliphatic rings. The second-order valence-corrected chi connectivity index (χ2v) is 6.96. The number of anilines is 1. The third-order valence-corrected chi connectivity index (χ3v) is 4.60. The van der Waals surface area contributed by atoms with Gasteiger partial charge in [0, 0.05) is 19.1 Å². The van der Waals surface area contributed by atoms with Crippen molar-refractivity contribution in [3.63, 3.8) is 0 Å². The van der Waals surface area contributed by atoms with Crippen LogP contribution in [0.15, 0.2) is 23.1 Å². The van der Waals surface area contributed by atoms with E-state index in [9.17, 15) is 12.8 Å². The summed E-state index contributed by atoms with van der Waals surface area (Å²) in [6.45, 7) is 4.48. The third kappa shape index (κ3) is 4.15. The smallest absolute Gasteiger partial charge is 0.238 e. The highest BCUT2D eigenvalue weighted by Gasteiger charge is 2.20. The van der Waals surface area contributed by atoms with Gasteiger partial charge in [-0.05, 0) is 44.0 Å². The Kier molecular flexibility index (Phi) is 5.18. The van der Waals surface area contributed by atoms with Crippen LogP contribution in [0.4, 0.5) is 10.1 Å². The van der Waals surface area contributed by atoms with E-state index in [1.165, 1.54) is 12.1 Å². The minimum atomic E-state index is -3.87. The molecule has 1 aromatic carbocycles. The zero-order chi connectivity index (χ0) is 15.5. The Morgan fingerprint density at radius 3 is 2.76 bits per heavy atom. The molecule has 1 unspecified atom stereocenters. The van der Waals surface area contributed by atoms with Gasteiger partial charge in [0.1, 0.15) is 5.82 Å². The van der Waals surface area contributed by atoms with Gasteiger partial charge >= 0.3 is 0 Å². The van der Waals surface area contributed by atoms with Gasteiger partial charge in [-0.1, -0.05) is 6.92 Å². The summed E-state index contributed by atoms with van der Waals surface area (Å²) in [5.74, 6) is -0.548. The van der Waals surface area contributed by atoms with Gasteiger partial charge in [0.15, 0.2) is 0 Å². The fourth-order valence-electron chi connectivity index (χ4n) is 2.68. The van der Waals surface area contributed by atoms with Gasteiger partial charge < -0.3 is 10.2 Å². The Morgan fingerprint density at radius 1 is 1.48 bits per heavy atom. The van der Waals surface area contributed by atoms with Crippen molar-refractivity contribution in [1.29, 1.82) is 0 Å². The summed E-state index contributed by atoms with van der Waals surface area (Å²) in [7, 11) is -3.87. The number of nitrogens with two attached hydrogens (primary N) is 1. The number of sulfonamides is 1. The quantitative estimate of drug-likeness (QED) is 0.833. The monoisotopic (exact) mass is 315 g/mol. The molecule has 1 aliphatic heterocycles. The summed E-state index contributed by atoms with van der Waals surface area (Å²) in [4.78, 5) is 1.77. The molecule has 1 fully saturated rings. The minimum absolute atomic E-state index is 0.195. The summed E-state index contributed by atoms with van der Waals surface area (Å²) < 4.78 is 36.8. The van der Waals surface area contributed by atoms with Crippen LogP contribution in [0.25, 0.3) is 0 Å². The van der Waals surface area contributed by atoms with Gasteiger partial charge in [-0.25, -0.2) is 17.9 Å². The lowest BCUT2D eigenvalue weighted by Crippen LogP contribution is -2.38. The fourth-order valence-corrected chi connectivity index (χ4v) is 3.21. The van der Waals surface area contributed by atoms with Crippen molar-refractivity contribution < 1.29 is 12.8 Å². The summed E-state index contributed by atoms with van der Waals surface area (Å²) in [6, 6.07) is 4.21. The van der Waals surface area contributed by atoms with Gasteiger partial charge in [-0.3, -0.25) is 0 Å². The number of hydrogen-bond acceptors (Lipinski definition) is 4. The lowest BCUT2D eigenvalue weighted by Gasteiger charge is -2.28. The normalized spacial score (nSPS) is 18.9. The van der Waals surface area contributed by atoms with Crippen molar-refractivity contribution in [3.8, 4) is 0 Å². The Labute approximate surface area is 125 Å². The molecular weight excluding hydrogens is 293 g/mol. The summed E-state index contributed by atoms with van der Waals surface area (Å²) in [6.07, 6.45) is 3.11. The van der Waals surface area contributed by atoms with Crippen LogP contribution < -0.4 is 15.4 Å². The Morgan fingerprint density at radius 2 is 2.24 bits per heavy atom. The van der Waals surface area contributed by atoms with E-state index < -0.39 is 15.8 Å². The van der Waals surface area contributed by atoms with E-state index in [2.05, 4.69) is 5.32 Å². The predicted octanol–water partition coefficient (Wildman–Crippen LogP) is 1.44. The molecule has 3 N–H and O–H groups in total. The predicted molar refractivity (Wildman–Crippen MR) is 81.3 cm³/mol. The molecule has 0 radical (unpaired) electrons. The molecule has 1 saturated heterocycles. The van der Waals surface area contributed by atoms with Gasteiger partial charge in [-0.2, -0.15) is 0 Å². The summed E-state index contributed by atoms with van der Waals surface area (Å²) in [5.41, 5.74) is 0.429. The molecule has 0 aromatic heterocycles. The van der Waals surface area contributed by atoms with Crippen LogP contribution >= 0.6 is 0 Å². The second-order valence-electron chi connectivity index (χ2n) is 5.40. The highest BCUT2D eigenvalue weighted by atomic mass is 32.2. The molecule has 0 amide bonds. The highest BCUT2D eigenvalue weighted by Crippen LogP contribution is 2.23. The van der Waals surface area contributed by atoms with Gasteiger partial charge in [0.05, 0.1) is 10.6 Å². The van der Waals surface area contributed by atoms with Crippen LogP contribution in [-0.4, -0.2) is 34.1 Å². The van der Waals surface area contributed by atoms with E-state index >= 15 is 0 Å². The number of nitrogens with one attached hydrogen (secondary N) is 1. The standard InChI is InChI=1S/C14H22FN3O2S/c1-2-8-18(10-11-4-3-7-17-11)14-6-5-12(9-13(14)15)21(16,19)20/h5-6,9,11,17H,2-4,7-8,10H2,1H3,(H2,16,19,20). The molecule has 1 aromatic rings. The van der Waals surface area contributed by atoms with E-state index in [-0.39, 0.29) is 4.90 Å². The molecular formula is C14H22FN3O2S. The number of hydrogen-bond donors (Lipinski definition) is 2. The molecule has 2 rings (SSSR count). The van der Waals surface area contributed by atoms with Crippen molar-refractivity contribution in [2.45, 2.75) is 37.1 Å². The average Bonchev–Trinajstić information content (AvgIpc) is 2.90. The molecule has 0 bridgehead atoms. The SMILES string of the molecule is CCCN(CC1CCCN1)c1ccc(S(N)(=O)=O)cc1F. The first-order valence-corrected chi connectivity index (χ1v) is 8.77. The minimum Gasteiger partial charge on any atom is -0.368 e. The molecule has 0 spiro atoms. The molecule has 0 saturated carbocycles. The first-order chi connectivity index (χ1) is 9.91. The number of primary sulfonamides is 1. The maximum absolute atomic E-state index is 14.2. The molecule has 1 atom stereocenters. The van der Waals surface area contributed by atoms with Crippen LogP contribution in [-0.2, 0) is 10.0 Å². The van der Waals surface area contributed by atoms with Crippen LogP contribution in [0, 0.1) is 5.82 Å². The molecule has 5 nitrogen and oxygen atoms in total. The van der Waals surface area contributed by atoms with Gasteiger partial charge in [0.25, 0.3) is 0 Å². The zero-order valence-corrected chi connectivity index (χ0v) is 13.0. The first kappa shape index (κ1) is 16.2. The van der Waals surface area contributed by atoms with E-state index in [1.807, 2.05) is 11.8 Å². The maximum atomic E-state index is 14.2. The molecule has 118 valence electrons. The van der Waals surface area contributed by atoms with E-state index in [0.29, 0.717) is 11.7 Å². The van der Waals surface area contributed by atoms with Crippen LogP contribution in [0.1, 0.15) is 26.2 Å². The zero-order valence-electron chi connectivity index (χ0n) is 12.2. The average molecular weight is 315 g/mol. The van der Waals surface area contributed by atoms with Crippen molar-refractivity contribution in [3.05, 3.63) is 24.0 Å². The molecule has 21 heavy (non-hydrogen) atoms. The second kappa shape index (κ2) is 6.72. The number of benzene rings is 1. The van der Waals surface area contributed by atoms with Crippen LogP contribution in [0.5, 0.6) is 0 Å². The molecule has 1 heterocycles. The van der Waals surface area contributed by atoms with E-state index in [4.69, 9.17) is 5.14 Å². The summed E-state index contributed by atoms with van der Waals surface area (Å²) in [5, 5.41) is 8.41. The van der Waals surface area contributed by atoms with E-state index in [1.54, 1.807) is 0 Å². The highest BCUT2D eigenvalue weighted by molar-refractivity contribution is 7.89. The maximum Gasteiger partial charge on any atom is 0.238 e. The Balaban J connectivity index is 2.23. The number of nitrogens with zero attached hydrogens (tertiary/aromatic N) is 1. The Bertz CT molecular complexity index is 586. The topological polar surface area (TPSA) is 75.4 Å². The number of halogens is 1. The lowest BCUT2D eigenvalue weighted by molar-refractivity contribution is 0.560. The van der Waals surface area contributed by atoms with Gasteiger partial charge in [0.2, 0.25) is 10.0 Å².